The van der Waals surface area contributed by atoms with Crippen molar-refractivity contribution in [2.45, 2.75) is 26.2 Å². The van der Waals surface area contributed by atoms with Crippen LogP contribution in [-0.4, -0.2) is 11.3 Å². The van der Waals surface area contributed by atoms with Crippen molar-refractivity contribution < 1.29 is 9.52 Å². The molecule has 3 nitrogen and oxygen atoms in total. The molecule has 0 aliphatic carbocycles. The minimum atomic E-state index is -0.0986. The van der Waals surface area contributed by atoms with Gasteiger partial charge in [-0.3, -0.25) is 0 Å². The Labute approximate surface area is 107 Å². The van der Waals surface area contributed by atoms with Crippen molar-refractivity contribution in [1.29, 1.82) is 0 Å². The zero-order chi connectivity index (χ0) is 13.2. The summed E-state index contributed by atoms with van der Waals surface area (Å²) in [5.74, 6) is 0.802. The summed E-state index contributed by atoms with van der Waals surface area (Å²) in [6.07, 6.45) is 3.18. The van der Waals surface area contributed by atoms with Crippen molar-refractivity contribution in [3.8, 4) is 5.75 Å². The molecule has 1 heterocycles. The predicted octanol–water partition coefficient (Wildman–Crippen LogP) is 4.03. The van der Waals surface area contributed by atoms with E-state index in [0.29, 0.717) is 11.4 Å². The largest absolute Gasteiger partial charge is 0.507 e. The monoisotopic (exact) mass is 243 g/mol. The number of nitrogens with zero attached hydrogens (tertiary/aromatic N) is 1. The van der Waals surface area contributed by atoms with E-state index in [2.05, 4.69) is 25.8 Å². The topological polar surface area (TPSA) is 45.7 Å². The lowest BCUT2D eigenvalue weighted by Gasteiger charge is -2.21. The second-order valence-corrected chi connectivity index (χ2v) is 5.20. The molecule has 2 aromatic rings. The van der Waals surface area contributed by atoms with Crippen LogP contribution in [0.25, 0.3) is 0 Å². The normalized spacial score (nSPS) is 12.2. The highest BCUT2D eigenvalue weighted by molar-refractivity contribution is 5.85. The van der Waals surface area contributed by atoms with Crippen LogP contribution in [0.4, 0.5) is 5.88 Å². The summed E-state index contributed by atoms with van der Waals surface area (Å²) in [5.41, 5.74) is 1.50. The number of aliphatic imine (C=N–C) groups is 1. The predicted molar refractivity (Wildman–Crippen MR) is 72.8 cm³/mol. The van der Waals surface area contributed by atoms with Crippen LogP contribution < -0.4 is 0 Å². The number of phenolic OH excluding ortho intramolecular Hbond substituents is 1. The van der Waals surface area contributed by atoms with Gasteiger partial charge < -0.3 is 9.52 Å². The highest BCUT2D eigenvalue weighted by Crippen LogP contribution is 2.32. The van der Waals surface area contributed by atoms with Gasteiger partial charge in [-0.05, 0) is 23.1 Å². The molecule has 0 aliphatic rings. The number of benzene rings is 1. The minimum Gasteiger partial charge on any atom is -0.507 e. The van der Waals surface area contributed by atoms with Gasteiger partial charge >= 0.3 is 0 Å². The van der Waals surface area contributed by atoms with E-state index < -0.39 is 0 Å². The molecule has 2 rings (SSSR count). The lowest BCUT2D eigenvalue weighted by atomic mass is 9.85. The molecule has 0 aliphatic heterocycles. The lowest BCUT2D eigenvalue weighted by Crippen LogP contribution is -2.11. The van der Waals surface area contributed by atoms with Crippen LogP contribution in [0.15, 0.2) is 46.0 Å². The molecule has 0 amide bonds. The Bertz CT molecular complexity index is 548. The summed E-state index contributed by atoms with van der Waals surface area (Å²) in [4.78, 5) is 4.17. The average molecular weight is 243 g/mol. The Morgan fingerprint density at radius 3 is 2.56 bits per heavy atom. The number of para-hydroxylation sites is 1. The van der Waals surface area contributed by atoms with Gasteiger partial charge in [0.25, 0.3) is 0 Å². The van der Waals surface area contributed by atoms with Gasteiger partial charge in [-0.2, -0.15) is 0 Å². The molecule has 1 aromatic carbocycles. The zero-order valence-electron chi connectivity index (χ0n) is 10.8. The van der Waals surface area contributed by atoms with Crippen LogP contribution in [0.2, 0.25) is 0 Å². The summed E-state index contributed by atoms with van der Waals surface area (Å²) < 4.78 is 5.11. The van der Waals surface area contributed by atoms with Gasteiger partial charge in [-0.15, -0.1) is 0 Å². The van der Waals surface area contributed by atoms with Gasteiger partial charge in [0.05, 0.1) is 6.26 Å². The molecule has 0 radical (unpaired) electrons. The second-order valence-electron chi connectivity index (χ2n) is 5.20. The Morgan fingerprint density at radius 2 is 1.94 bits per heavy atom. The molecule has 0 spiro atoms. The maximum absolute atomic E-state index is 10.2. The van der Waals surface area contributed by atoms with Gasteiger partial charge in [0.15, 0.2) is 0 Å². The Hall–Kier alpha value is -2.03. The van der Waals surface area contributed by atoms with Crippen LogP contribution in [0.1, 0.15) is 31.9 Å². The second kappa shape index (κ2) is 4.69. The summed E-state index contributed by atoms with van der Waals surface area (Å²) in [6, 6.07) is 9.22. The molecular weight excluding hydrogens is 226 g/mol. The molecule has 0 bridgehead atoms. The van der Waals surface area contributed by atoms with E-state index in [1.165, 1.54) is 0 Å². The van der Waals surface area contributed by atoms with Crippen molar-refractivity contribution >= 4 is 12.1 Å². The first kappa shape index (κ1) is 12.4. The Kier molecular flexibility index (Phi) is 3.24. The van der Waals surface area contributed by atoms with E-state index in [4.69, 9.17) is 4.42 Å². The van der Waals surface area contributed by atoms with Crippen molar-refractivity contribution in [2.75, 3.05) is 0 Å². The van der Waals surface area contributed by atoms with E-state index in [1.54, 1.807) is 24.6 Å². The molecule has 0 fully saturated rings. The first-order valence-electron chi connectivity index (χ1n) is 5.88. The fourth-order valence-corrected chi connectivity index (χ4v) is 1.75. The van der Waals surface area contributed by atoms with Gasteiger partial charge in [-0.25, -0.2) is 4.99 Å². The maximum atomic E-state index is 10.2. The molecule has 1 aromatic heterocycles. The third kappa shape index (κ3) is 2.62. The molecule has 0 saturated heterocycles. The van der Waals surface area contributed by atoms with Crippen LogP contribution in [-0.2, 0) is 5.41 Å². The lowest BCUT2D eigenvalue weighted by molar-refractivity contribution is 0.446. The molecule has 0 atom stereocenters. The van der Waals surface area contributed by atoms with E-state index in [1.807, 2.05) is 18.2 Å². The molecule has 94 valence electrons. The van der Waals surface area contributed by atoms with E-state index in [-0.39, 0.29) is 11.2 Å². The SMILES string of the molecule is CC(C)(C)c1cccc(C=Nc2ccco2)c1O. The van der Waals surface area contributed by atoms with Crippen LogP contribution in [0.3, 0.4) is 0 Å². The van der Waals surface area contributed by atoms with E-state index >= 15 is 0 Å². The standard InChI is InChI=1S/C15H17NO2/c1-15(2,3)12-7-4-6-11(14(12)17)10-16-13-8-5-9-18-13/h4-10,17H,1-3H3. The summed E-state index contributed by atoms with van der Waals surface area (Å²) in [5, 5.41) is 10.2. The quantitative estimate of drug-likeness (QED) is 0.809. The maximum Gasteiger partial charge on any atom is 0.218 e. The Morgan fingerprint density at radius 1 is 1.17 bits per heavy atom. The van der Waals surface area contributed by atoms with Crippen molar-refractivity contribution in [3.05, 3.63) is 47.7 Å². The first-order chi connectivity index (χ1) is 8.48. The smallest absolute Gasteiger partial charge is 0.218 e. The molecule has 0 unspecified atom stereocenters. The molecule has 0 saturated carbocycles. The van der Waals surface area contributed by atoms with Gasteiger partial charge in [0.2, 0.25) is 5.88 Å². The minimum absolute atomic E-state index is 0.0986. The molecule has 1 N–H and O–H groups in total. The third-order valence-corrected chi connectivity index (χ3v) is 2.71. The summed E-state index contributed by atoms with van der Waals surface area (Å²) in [7, 11) is 0. The number of aromatic hydroxyl groups is 1. The van der Waals surface area contributed by atoms with Crippen LogP contribution >= 0.6 is 0 Å². The summed E-state index contributed by atoms with van der Waals surface area (Å²) >= 11 is 0. The number of hydrogen-bond acceptors (Lipinski definition) is 3. The van der Waals surface area contributed by atoms with Gasteiger partial charge in [0.1, 0.15) is 5.75 Å². The van der Waals surface area contributed by atoms with E-state index in [9.17, 15) is 5.11 Å². The zero-order valence-corrected chi connectivity index (χ0v) is 10.8. The highest BCUT2D eigenvalue weighted by atomic mass is 16.3. The fraction of sp³-hybridized carbons (Fsp3) is 0.267. The molecular formula is C15H17NO2. The van der Waals surface area contributed by atoms with Crippen molar-refractivity contribution in [2.24, 2.45) is 4.99 Å². The Balaban J connectivity index is 2.35. The number of hydrogen-bond donors (Lipinski definition) is 1. The van der Waals surface area contributed by atoms with Gasteiger partial charge in [0, 0.05) is 17.8 Å². The number of phenols is 1. The van der Waals surface area contributed by atoms with Crippen molar-refractivity contribution in [3.63, 3.8) is 0 Å². The molecule has 3 heteroatoms. The summed E-state index contributed by atoms with van der Waals surface area (Å²) in [6.45, 7) is 6.19. The van der Waals surface area contributed by atoms with Crippen LogP contribution in [0, 0.1) is 0 Å². The van der Waals surface area contributed by atoms with Gasteiger partial charge in [-0.1, -0.05) is 32.9 Å². The van der Waals surface area contributed by atoms with Crippen molar-refractivity contribution in [1.82, 2.24) is 0 Å². The number of furan rings is 1. The third-order valence-electron chi connectivity index (χ3n) is 2.71. The number of rotatable bonds is 2. The fourth-order valence-electron chi connectivity index (χ4n) is 1.75. The average Bonchev–Trinajstić information content (AvgIpc) is 2.79. The van der Waals surface area contributed by atoms with E-state index in [0.717, 1.165) is 5.56 Å². The highest BCUT2D eigenvalue weighted by Gasteiger charge is 2.19. The molecule has 18 heavy (non-hydrogen) atoms. The van der Waals surface area contributed by atoms with Crippen LogP contribution in [0.5, 0.6) is 5.75 Å². The first-order valence-corrected chi connectivity index (χ1v) is 5.88.